The Morgan fingerprint density at radius 1 is 0.897 bits per heavy atom. The molecule has 2 nitrogen and oxygen atoms in total. The number of hydrogen-bond acceptors (Lipinski definition) is 3. The van der Waals surface area contributed by atoms with E-state index in [1.165, 1.54) is 20.5 Å². The highest BCUT2D eigenvalue weighted by atomic mass is 35.5. The Hall–Kier alpha value is -2.64. The van der Waals surface area contributed by atoms with E-state index < -0.39 is 0 Å². The van der Waals surface area contributed by atoms with Gasteiger partial charge in [-0.05, 0) is 84.8 Å². The number of nitrogens with zero attached hydrogens (tertiary/aromatic N) is 1. The smallest absolute Gasteiger partial charge is 0.113 e. The van der Waals surface area contributed by atoms with Gasteiger partial charge in [-0.25, -0.2) is 4.98 Å². The number of benzene rings is 2. The van der Waals surface area contributed by atoms with Gasteiger partial charge in [0, 0.05) is 31.9 Å². The zero-order chi connectivity index (χ0) is 19.6. The second kappa shape index (κ2) is 8.00. The minimum Gasteiger partial charge on any atom is -0.316 e. The van der Waals surface area contributed by atoms with Crippen LogP contribution in [0, 0.1) is 11.8 Å². The maximum Gasteiger partial charge on any atom is 0.113 e. The Labute approximate surface area is 179 Å². The van der Waals surface area contributed by atoms with Crippen molar-refractivity contribution >= 4 is 33.0 Å². The van der Waals surface area contributed by atoms with E-state index in [4.69, 9.17) is 11.6 Å². The van der Waals surface area contributed by atoms with Gasteiger partial charge in [0.05, 0.1) is 0 Å². The Bertz CT molecular complexity index is 1230. The molecule has 0 radical (unpaired) electrons. The number of halogens is 1. The predicted octanol–water partition coefficient (Wildman–Crippen LogP) is 5.70. The van der Waals surface area contributed by atoms with Crippen molar-refractivity contribution in [2.24, 2.45) is 0 Å². The largest absolute Gasteiger partial charge is 0.316 e. The molecule has 0 amide bonds. The molecule has 1 N–H and O–H groups in total. The SMILES string of the molecule is Clc1ccc(-c2ccc(C#Cc3ccc4sc5c(c4c3)CCNCC5)nc2)cc1. The molecule has 29 heavy (non-hydrogen) atoms. The third-order valence-electron chi connectivity index (χ3n) is 5.23. The van der Waals surface area contributed by atoms with Gasteiger partial charge in [0.15, 0.2) is 0 Å². The highest BCUT2D eigenvalue weighted by Crippen LogP contribution is 2.33. The summed E-state index contributed by atoms with van der Waals surface area (Å²) < 4.78 is 1.37. The van der Waals surface area contributed by atoms with Crippen LogP contribution in [0.3, 0.4) is 0 Å². The van der Waals surface area contributed by atoms with Gasteiger partial charge in [0.2, 0.25) is 0 Å². The summed E-state index contributed by atoms with van der Waals surface area (Å²) in [5.74, 6) is 6.50. The minimum atomic E-state index is 0.736. The fourth-order valence-electron chi connectivity index (χ4n) is 3.71. The summed E-state index contributed by atoms with van der Waals surface area (Å²) in [5.41, 5.74) is 5.47. The first-order valence-corrected chi connectivity index (χ1v) is 10.9. The van der Waals surface area contributed by atoms with Crippen molar-refractivity contribution in [3.05, 3.63) is 87.5 Å². The summed E-state index contributed by atoms with van der Waals surface area (Å²) in [6, 6.07) is 18.4. The van der Waals surface area contributed by atoms with E-state index in [-0.39, 0.29) is 0 Å². The molecular formula is C25H19ClN2S. The topological polar surface area (TPSA) is 24.9 Å². The molecule has 0 fully saturated rings. The molecule has 0 aliphatic carbocycles. The lowest BCUT2D eigenvalue weighted by Crippen LogP contribution is -2.16. The van der Waals surface area contributed by atoms with Crippen LogP contribution < -0.4 is 5.32 Å². The van der Waals surface area contributed by atoms with Crippen molar-refractivity contribution in [3.8, 4) is 23.0 Å². The van der Waals surface area contributed by atoms with Gasteiger partial charge in [0.25, 0.3) is 0 Å². The lowest BCUT2D eigenvalue weighted by molar-refractivity contribution is 0.712. The number of nitrogens with one attached hydrogen (secondary N) is 1. The summed E-state index contributed by atoms with van der Waals surface area (Å²) in [4.78, 5) is 6.04. The molecule has 0 spiro atoms. The van der Waals surface area contributed by atoms with Gasteiger partial charge in [-0.1, -0.05) is 35.7 Å². The molecule has 2 aromatic carbocycles. The summed E-state index contributed by atoms with van der Waals surface area (Å²) in [7, 11) is 0. The molecule has 1 aliphatic heterocycles. The third-order valence-corrected chi connectivity index (χ3v) is 6.76. The van der Waals surface area contributed by atoms with E-state index in [0.29, 0.717) is 0 Å². The second-order valence-electron chi connectivity index (χ2n) is 7.15. The molecule has 2 aromatic heterocycles. The van der Waals surface area contributed by atoms with Gasteiger partial charge in [-0.3, -0.25) is 0 Å². The zero-order valence-corrected chi connectivity index (χ0v) is 17.4. The Morgan fingerprint density at radius 3 is 2.55 bits per heavy atom. The van der Waals surface area contributed by atoms with E-state index >= 15 is 0 Å². The first kappa shape index (κ1) is 18.4. The summed E-state index contributed by atoms with van der Waals surface area (Å²) in [6.07, 6.45) is 4.09. The van der Waals surface area contributed by atoms with Gasteiger partial charge in [-0.15, -0.1) is 11.3 Å². The standard InChI is InChI=1S/C25H19ClN2S/c26-20-6-3-18(4-7-20)19-5-9-21(28-16-19)8-1-17-2-10-24-23(15-17)22-11-13-27-14-12-25(22)29-24/h2-7,9-10,15-16,27H,11-14H2. The van der Waals surface area contributed by atoms with Crippen molar-refractivity contribution in [2.45, 2.75) is 12.8 Å². The van der Waals surface area contributed by atoms with Crippen LogP contribution in [-0.2, 0) is 12.8 Å². The van der Waals surface area contributed by atoms with Crippen molar-refractivity contribution in [3.63, 3.8) is 0 Å². The molecule has 0 unspecified atom stereocenters. The Kier molecular flexibility index (Phi) is 5.08. The molecular weight excluding hydrogens is 396 g/mol. The van der Waals surface area contributed by atoms with Crippen LogP contribution in [0.2, 0.25) is 5.02 Å². The van der Waals surface area contributed by atoms with Crippen LogP contribution in [0.4, 0.5) is 0 Å². The predicted molar refractivity (Wildman–Crippen MR) is 123 cm³/mol. The average molecular weight is 415 g/mol. The molecule has 0 atom stereocenters. The first-order valence-electron chi connectivity index (χ1n) is 9.75. The quantitative estimate of drug-likeness (QED) is 0.404. The second-order valence-corrected chi connectivity index (χ2v) is 8.73. The Morgan fingerprint density at radius 2 is 1.72 bits per heavy atom. The normalized spacial score (nSPS) is 13.4. The van der Waals surface area contributed by atoms with Gasteiger partial charge >= 0.3 is 0 Å². The molecule has 4 heteroatoms. The van der Waals surface area contributed by atoms with Gasteiger partial charge in [0.1, 0.15) is 5.69 Å². The Balaban J connectivity index is 1.41. The summed E-state index contributed by atoms with van der Waals surface area (Å²) >= 11 is 7.89. The first-order chi connectivity index (χ1) is 14.3. The van der Waals surface area contributed by atoms with Crippen LogP contribution in [-0.4, -0.2) is 18.1 Å². The highest BCUT2D eigenvalue weighted by molar-refractivity contribution is 7.19. The lowest BCUT2D eigenvalue weighted by atomic mass is 10.0. The van der Waals surface area contributed by atoms with Crippen LogP contribution in [0.1, 0.15) is 21.7 Å². The van der Waals surface area contributed by atoms with E-state index in [9.17, 15) is 0 Å². The molecule has 4 aromatic rings. The van der Waals surface area contributed by atoms with Crippen LogP contribution in [0.5, 0.6) is 0 Å². The average Bonchev–Trinajstić information content (AvgIpc) is 2.93. The van der Waals surface area contributed by atoms with E-state index in [2.05, 4.69) is 46.4 Å². The van der Waals surface area contributed by atoms with Crippen molar-refractivity contribution < 1.29 is 0 Å². The van der Waals surface area contributed by atoms with Crippen molar-refractivity contribution in [1.82, 2.24) is 10.3 Å². The fraction of sp³-hybridized carbons (Fsp3) is 0.160. The summed E-state index contributed by atoms with van der Waals surface area (Å²) in [5, 5.41) is 5.59. The number of thiophene rings is 1. The zero-order valence-electron chi connectivity index (χ0n) is 15.8. The van der Waals surface area contributed by atoms with E-state index in [1.807, 2.05) is 47.9 Å². The van der Waals surface area contributed by atoms with E-state index in [0.717, 1.165) is 53.3 Å². The molecule has 1 aliphatic rings. The van der Waals surface area contributed by atoms with Crippen LogP contribution in [0.25, 0.3) is 21.2 Å². The molecule has 0 saturated carbocycles. The molecule has 142 valence electrons. The fourth-order valence-corrected chi connectivity index (χ4v) is 5.07. The molecule has 5 rings (SSSR count). The van der Waals surface area contributed by atoms with Crippen LogP contribution >= 0.6 is 22.9 Å². The maximum atomic E-state index is 5.96. The minimum absolute atomic E-state index is 0.736. The number of hydrogen-bond donors (Lipinski definition) is 1. The lowest BCUT2D eigenvalue weighted by Gasteiger charge is -2.01. The maximum absolute atomic E-state index is 5.96. The molecule has 0 saturated heterocycles. The third kappa shape index (κ3) is 3.93. The highest BCUT2D eigenvalue weighted by Gasteiger charge is 2.14. The summed E-state index contributed by atoms with van der Waals surface area (Å²) in [6.45, 7) is 2.13. The van der Waals surface area contributed by atoms with Crippen molar-refractivity contribution in [1.29, 1.82) is 0 Å². The molecule has 0 bridgehead atoms. The number of fused-ring (bicyclic) bond motifs is 3. The molecule has 3 heterocycles. The number of aromatic nitrogens is 1. The van der Waals surface area contributed by atoms with Crippen molar-refractivity contribution in [2.75, 3.05) is 13.1 Å². The monoisotopic (exact) mass is 414 g/mol. The van der Waals surface area contributed by atoms with E-state index in [1.54, 1.807) is 0 Å². The number of pyridine rings is 1. The van der Waals surface area contributed by atoms with Gasteiger partial charge in [-0.2, -0.15) is 0 Å². The number of rotatable bonds is 1. The van der Waals surface area contributed by atoms with Crippen LogP contribution in [0.15, 0.2) is 60.8 Å². The van der Waals surface area contributed by atoms with Gasteiger partial charge < -0.3 is 5.32 Å².